The standard InChI is InChI=1S/C18H21N3O5S3/c1-18(2,3)21-29(24,25)14-9-10-15-16(11-14)27-17(19-15)20-28(22,23)13-7-5-12(26-4)6-8-13/h5-11,21H,1-4H3,(H,19,20). The van der Waals surface area contributed by atoms with Crippen molar-refractivity contribution in [2.75, 3.05) is 11.8 Å². The Morgan fingerprint density at radius 2 is 1.55 bits per heavy atom. The highest BCUT2D eigenvalue weighted by molar-refractivity contribution is 7.93. The molecule has 0 aliphatic carbocycles. The number of sulfonamides is 2. The Bertz CT molecular complexity index is 1240. The molecule has 1 heterocycles. The summed E-state index contributed by atoms with van der Waals surface area (Å²) < 4.78 is 60.8. The van der Waals surface area contributed by atoms with Crippen LogP contribution in [-0.4, -0.2) is 34.5 Å². The van der Waals surface area contributed by atoms with Crippen LogP contribution in [0.5, 0.6) is 5.75 Å². The topological polar surface area (TPSA) is 114 Å². The molecule has 0 radical (unpaired) electrons. The smallest absolute Gasteiger partial charge is 0.263 e. The fraction of sp³-hybridized carbons (Fsp3) is 0.278. The van der Waals surface area contributed by atoms with E-state index >= 15 is 0 Å². The van der Waals surface area contributed by atoms with Crippen LogP contribution in [0.3, 0.4) is 0 Å². The summed E-state index contributed by atoms with van der Waals surface area (Å²) in [5.41, 5.74) is -0.127. The Labute approximate surface area is 174 Å². The average Bonchev–Trinajstić information content (AvgIpc) is 3.00. The first-order valence-corrected chi connectivity index (χ1v) is 12.3. The van der Waals surface area contributed by atoms with Crippen LogP contribution in [-0.2, 0) is 20.0 Å². The van der Waals surface area contributed by atoms with Crippen molar-refractivity contribution in [3.05, 3.63) is 42.5 Å². The Balaban J connectivity index is 1.90. The number of hydrogen-bond donors (Lipinski definition) is 2. The zero-order chi connectivity index (χ0) is 21.4. The second kappa shape index (κ2) is 7.56. The molecule has 0 atom stereocenters. The van der Waals surface area contributed by atoms with Crippen molar-refractivity contribution in [1.82, 2.24) is 9.71 Å². The molecular weight excluding hydrogens is 434 g/mol. The van der Waals surface area contributed by atoms with Gasteiger partial charge in [0.2, 0.25) is 10.0 Å². The molecule has 0 aliphatic rings. The minimum absolute atomic E-state index is 0.0650. The normalized spacial score (nSPS) is 12.8. The van der Waals surface area contributed by atoms with Gasteiger partial charge in [-0.1, -0.05) is 11.3 Å². The lowest BCUT2D eigenvalue weighted by atomic mass is 10.1. The lowest BCUT2D eigenvalue weighted by Gasteiger charge is -2.20. The van der Waals surface area contributed by atoms with E-state index in [4.69, 9.17) is 4.74 Å². The molecule has 3 rings (SSSR count). The van der Waals surface area contributed by atoms with Crippen LogP contribution in [0.1, 0.15) is 20.8 Å². The summed E-state index contributed by atoms with van der Waals surface area (Å²) in [5, 5.41) is 0.147. The SMILES string of the molecule is COc1ccc(S(=O)(=O)Nc2nc3ccc(S(=O)(=O)NC(C)(C)C)cc3s2)cc1. The maximum absolute atomic E-state index is 12.6. The van der Waals surface area contributed by atoms with Crippen LogP contribution in [0.4, 0.5) is 5.13 Å². The summed E-state index contributed by atoms with van der Waals surface area (Å²) in [5.74, 6) is 0.543. The lowest BCUT2D eigenvalue weighted by Crippen LogP contribution is -2.40. The monoisotopic (exact) mass is 455 g/mol. The molecule has 0 saturated heterocycles. The van der Waals surface area contributed by atoms with Crippen molar-refractivity contribution in [2.24, 2.45) is 0 Å². The minimum Gasteiger partial charge on any atom is -0.497 e. The number of anilines is 1. The highest BCUT2D eigenvalue weighted by Gasteiger charge is 2.23. The maximum atomic E-state index is 12.6. The van der Waals surface area contributed by atoms with Gasteiger partial charge in [-0.25, -0.2) is 26.5 Å². The highest BCUT2D eigenvalue weighted by Crippen LogP contribution is 2.30. The third kappa shape index (κ3) is 5.04. The van der Waals surface area contributed by atoms with Crippen LogP contribution in [0.2, 0.25) is 0 Å². The van der Waals surface area contributed by atoms with E-state index in [-0.39, 0.29) is 14.9 Å². The van der Waals surface area contributed by atoms with Gasteiger partial charge >= 0.3 is 0 Å². The number of benzene rings is 2. The molecule has 156 valence electrons. The lowest BCUT2D eigenvalue weighted by molar-refractivity contribution is 0.414. The van der Waals surface area contributed by atoms with Crippen LogP contribution in [0.15, 0.2) is 52.3 Å². The highest BCUT2D eigenvalue weighted by atomic mass is 32.2. The largest absolute Gasteiger partial charge is 0.497 e. The van der Waals surface area contributed by atoms with E-state index in [2.05, 4.69) is 14.4 Å². The third-order valence-corrected chi connectivity index (χ3v) is 7.88. The van der Waals surface area contributed by atoms with Gasteiger partial charge in [0.1, 0.15) is 5.75 Å². The summed E-state index contributed by atoms with van der Waals surface area (Å²) in [4.78, 5) is 4.40. The summed E-state index contributed by atoms with van der Waals surface area (Å²) >= 11 is 1.06. The van der Waals surface area contributed by atoms with E-state index < -0.39 is 25.6 Å². The summed E-state index contributed by atoms with van der Waals surface area (Å²) in [6, 6.07) is 10.4. The molecule has 3 aromatic rings. The number of nitrogens with one attached hydrogen (secondary N) is 2. The molecule has 29 heavy (non-hydrogen) atoms. The zero-order valence-electron chi connectivity index (χ0n) is 16.3. The van der Waals surface area contributed by atoms with Crippen LogP contribution in [0.25, 0.3) is 10.2 Å². The number of aromatic nitrogens is 1. The predicted octanol–water partition coefficient (Wildman–Crippen LogP) is 3.18. The first-order valence-electron chi connectivity index (χ1n) is 8.51. The summed E-state index contributed by atoms with van der Waals surface area (Å²) in [6.45, 7) is 5.26. The van der Waals surface area contributed by atoms with Crippen molar-refractivity contribution in [3.63, 3.8) is 0 Å². The van der Waals surface area contributed by atoms with Crippen molar-refractivity contribution in [3.8, 4) is 5.75 Å². The molecule has 2 aromatic carbocycles. The number of ether oxygens (including phenoxy) is 1. The van der Waals surface area contributed by atoms with Gasteiger partial charge in [-0.15, -0.1) is 0 Å². The number of thiazole rings is 1. The zero-order valence-corrected chi connectivity index (χ0v) is 18.7. The summed E-state index contributed by atoms with van der Waals surface area (Å²) in [7, 11) is -6.05. The first kappa shape index (κ1) is 21.5. The van der Waals surface area contributed by atoms with E-state index in [0.717, 1.165) is 11.3 Å². The second-order valence-corrected chi connectivity index (χ2v) is 11.7. The van der Waals surface area contributed by atoms with Crippen LogP contribution >= 0.6 is 11.3 Å². The molecule has 0 saturated carbocycles. The first-order chi connectivity index (χ1) is 13.4. The van der Waals surface area contributed by atoms with E-state index in [9.17, 15) is 16.8 Å². The number of rotatable bonds is 6. The van der Waals surface area contributed by atoms with Gasteiger partial charge in [-0.2, -0.15) is 0 Å². The Hall–Kier alpha value is -2.21. The minimum atomic E-state index is -3.84. The second-order valence-electron chi connectivity index (χ2n) is 7.29. The maximum Gasteiger partial charge on any atom is 0.263 e. The molecule has 0 unspecified atom stereocenters. The number of hydrogen-bond acceptors (Lipinski definition) is 7. The fourth-order valence-corrected chi connectivity index (χ4v) is 6.17. The quantitative estimate of drug-likeness (QED) is 0.590. The number of methoxy groups -OCH3 is 1. The summed E-state index contributed by atoms with van der Waals surface area (Å²) in [6.07, 6.45) is 0. The van der Waals surface area contributed by atoms with E-state index in [1.165, 1.54) is 31.4 Å². The molecule has 2 N–H and O–H groups in total. The Kier molecular flexibility index (Phi) is 5.60. The van der Waals surface area contributed by atoms with Crippen LogP contribution in [0, 0.1) is 0 Å². The van der Waals surface area contributed by atoms with Gasteiger partial charge in [0, 0.05) is 5.54 Å². The number of nitrogens with zero attached hydrogens (tertiary/aromatic N) is 1. The molecule has 11 heteroatoms. The third-order valence-electron chi connectivity index (χ3n) is 3.70. The molecule has 0 amide bonds. The Morgan fingerprint density at radius 3 is 2.14 bits per heavy atom. The van der Waals surface area contributed by atoms with E-state index in [0.29, 0.717) is 16.0 Å². The predicted molar refractivity (Wildman–Crippen MR) is 113 cm³/mol. The van der Waals surface area contributed by atoms with Crippen molar-refractivity contribution >= 4 is 46.7 Å². The molecule has 0 fully saturated rings. The van der Waals surface area contributed by atoms with Gasteiger partial charge in [0.25, 0.3) is 10.0 Å². The molecule has 1 aromatic heterocycles. The molecule has 0 spiro atoms. The molecular formula is C18H21N3O5S3. The van der Waals surface area contributed by atoms with Crippen molar-refractivity contribution in [2.45, 2.75) is 36.1 Å². The van der Waals surface area contributed by atoms with Gasteiger partial charge in [0.05, 0.1) is 27.1 Å². The number of fused-ring (bicyclic) bond motifs is 1. The molecule has 8 nitrogen and oxygen atoms in total. The fourth-order valence-electron chi connectivity index (χ4n) is 2.51. The molecule has 0 bridgehead atoms. The van der Waals surface area contributed by atoms with E-state index in [1.807, 2.05) is 0 Å². The van der Waals surface area contributed by atoms with Crippen LogP contribution < -0.4 is 14.2 Å². The van der Waals surface area contributed by atoms with Gasteiger partial charge in [0.15, 0.2) is 5.13 Å². The van der Waals surface area contributed by atoms with Crippen molar-refractivity contribution < 1.29 is 21.6 Å². The van der Waals surface area contributed by atoms with Gasteiger partial charge < -0.3 is 4.74 Å². The Morgan fingerprint density at radius 1 is 0.931 bits per heavy atom. The molecule has 0 aliphatic heterocycles. The van der Waals surface area contributed by atoms with E-state index in [1.54, 1.807) is 39.0 Å². The van der Waals surface area contributed by atoms with Gasteiger partial charge in [-0.05, 0) is 63.2 Å². The van der Waals surface area contributed by atoms with Crippen molar-refractivity contribution in [1.29, 1.82) is 0 Å². The van der Waals surface area contributed by atoms with Gasteiger partial charge in [-0.3, -0.25) is 4.72 Å². The average molecular weight is 456 g/mol.